The Labute approximate surface area is 224 Å². The van der Waals surface area contributed by atoms with Gasteiger partial charge in [0.15, 0.2) is 0 Å². The zero-order valence-electron chi connectivity index (χ0n) is 22.5. The third-order valence-electron chi connectivity index (χ3n) is 8.27. The third-order valence-corrected chi connectivity index (χ3v) is 8.27. The highest BCUT2D eigenvalue weighted by molar-refractivity contribution is 5.98. The molecule has 196 valence electrons. The average molecular weight is 509 g/mol. The van der Waals surface area contributed by atoms with Crippen LogP contribution in [-0.2, 0) is 13.0 Å². The summed E-state index contributed by atoms with van der Waals surface area (Å²) in [5, 5.41) is 10.7. The molecular formula is C32H36N4O2. The SMILES string of the molecule is CCN1Cc2cc(-c3cnc4[nH]cc(-c5ccc(C(=O)N(C)C[C@@H](C)O)cc5)c4c3)cc3c2C(CCC3)C1. The van der Waals surface area contributed by atoms with E-state index in [-0.39, 0.29) is 5.91 Å². The largest absolute Gasteiger partial charge is 0.392 e. The number of likely N-dealkylation sites (N-methyl/N-ethyl adjacent to an activating group) is 2. The first kappa shape index (κ1) is 24.8. The molecule has 2 aromatic heterocycles. The van der Waals surface area contributed by atoms with Crippen LogP contribution in [0, 0.1) is 0 Å². The van der Waals surface area contributed by atoms with Crippen LogP contribution in [0.1, 0.15) is 59.7 Å². The quantitative estimate of drug-likeness (QED) is 0.355. The lowest BCUT2D eigenvalue weighted by Gasteiger charge is -2.38. The zero-order valence-corrected chi connectivity index (χ0v) is 22.5. The number of aromatic nitrogens is 2. The Kier molecular flexibility index (Phi) is 6.54. The number of H-pyrrole nitrogens is 1. The highest BCUT2D eigenvalue weighted by Gasteiger charge is 2.30. The summed E-state index contributed by atoms with van der Waals surface area (Å²) >= 11 is 0. The van der Waals surface area contributed by atoms with Crippen LogP contribution in [0.3, 0.4) is 0 Å². The minimum absolute atomic E-state index is 0.0967. The number of hydrogen-bond donors (Lipinski definition) is 2. The molecule has 0 spiro atoms. The van der Waals surface area contributed by atoms with E-state index in [2.05, 4.69) is 35.0 Å². The highest BCUT2D eigenvalue weighted by Crippen LogP contribution is 2.41. The minimum atomic E-state index is -0.558. The number of fused-ring (bicyclic) bond motifs is 1. The van der Waals surface area contributed by atoms with Crippen molar-refractivity contribution in [3.05, 3.63) is 77.1 Å². The van der Waals surface area contributed by atoms with Gasteiger partial charge in [-0.3, -0.25) is 9.69 Å². The average Bonchev–Trinajstić information content (AvgIpc) is 3.35. The van der Waals surface area contributed by atoms with Crippen LogP contribution < -0.4 is 0 Å². The number of aliphatic hydroxyl groups is 1. The standard InChI is InChI=1S/C32H36N4O2/c1-4-36-18-24-7-5-6-23-12-25(13-27(19-36)30(23)24)26-14-28-29(16-34-31(28)33-15-26)21-8-10-22(11-9-21)32(38)35(3)17-20(2)37/h8-16,20,24,37H,4-7,17-19H2,1-3H3,(H,33,34)/t20-,24?/m1/s1. The Morgan fingerprint density at radius 3 is 2.71 bits per heavy atom. The molecule has 1 unspecified atom stereocenters. The number of pyridine rings is 1. The van der Waals surface area contributed by atoms with Crippen molar-refractivity contribution in [1.82, 2.24) is 19.8 Å². The monoisotopic (exact) mass is 508 g/mol. The van der Waals surface area contributed by atoms with E-state index in [1.54, 1.807) is 24.4 Å². The summed E-state index contributed by atoms with van der Waals surface area (Å²) in [5.74, 6) is 0.579. The number of carbonyl (C=O) groups excluding carboxylic acids is 1. The summed E-state index contributed by atoms with van der Waals surface area (Å²) in [6.07, 6.45) is 7.16. The van der Waals surface area contributed by atoms with Gasteiger partial charge < -0.3 is 15.0 Å². The molecule has 38 heavy (non-hydrogen) atoms. The van der Waals surface area contributed by atoms with Crippen LogP contribution in [-0.4, -0.2) is 63.6 Å². The van der Waals surface area contributed by atoms with E-state index < -0.39 is 6.10 Å². The molecule has 0 bridgehead atoms. The van der Waals surface area contributed by atoms with Crippen molar-refractivity contribution in [1.29, 1.82) is 0 Å². The molecule has 6 rings (SSSR count). The molecule has 2 atom stereocenters. The normalized spacial score (nSPS) is 17.8. The summed E-state index contributed by atoms with van der Waals surface area (Å²) in [6.45, 7) is 7.57. The van der Waals surface area contributed by atoms with Crippen LogP contribution in [0.25, 0.3) is 33.3 Å². The molecule has 2 N–H and O–H groups in total. The summed E-state index contributed by atoms with van der Waals surface area (Å²) in [7, 11) is 1.71. The van der Waals surface area contributed by atoms with Gasteiger partial charge in [-0.25, -0.2) is 4.98 Å². The van der Waals surface area contributed by atoms with Crippen molar-refractivity contribution in [2.45, 2.75) is 51.7 Å². The van der Waals surface area contributed by atoms with E-state index >= 15 is 0 Å². The number of nitrogens with one attached hydrogen (secondary N) is 1. The molecule has 0 fully saturated rings. The number of aliphatic hydroxyl groups excluding tert-OH is 1. The van der Waals surface area contributed by atoms with E-state index in [9.17, 15) is 9.90 Å². The van der Waals surface area contributed by atoms with Crippen LogP contribution >= 0.6 is 0 Å². The number of carbonyl (C=O) groups is 1. The van der Waals surface area contributed by atoms with Crippen molar-refractivity contribution < 1.29 is 9.90 Å². The molecule has 0 saturated heterocycles. The lowest BCUT2D eigenvalue weighted by molar-refractivity contribution is 0.0703. The Balaban J connectivity index is 1.34. The number of benzene rings is 2. The van der Waals surface area contributed by atoms with Gasteiger partial charge in [-0.1, -0.05) is 25.1 Å². The van der Waals surface area contributed by atoms with Crippen molar-refractivity contribution >= 4 is 16.9 Å². The molecule has 2 aliphatic rings. The van der Waals surface area contributed by atoms with Gasteiger partial charge in [0.1, 0.15) is 5.65 Å². The molecule has 6 nitrogen and oxygen atoms in total. The fourth-order valence-electron chi connectivity index (χ4n) is 6.42. The van der Waals surface area contributed by atoms with Gasteiger partial charge >= 0.3 is 0 Å². The molecule has 1 aliphatic carbocycles. The summed E-state index contributed by atoms with van der Waals surface area (Å²) in [6, 6.07) is 14.7. The molecule has 4 aromatic rings. The van der Waals surface area contributed by atoms with Crippen LogP contribution in [0.2, 0.25) is 0 Å². The summed E-state index contributed by atoms with van der Waals surface area (Å²) < 4.78 is 0. The second-order valence-corrected chi connectivity index (χ2v) is 11.1. The van der Waals surface area contributed by atoms with Gasteiger partial charge in [0.05, 0.1) is 6.10 Å². The molecule has 1 aliphatic heterocycles. The number of aromatic amines is 1. The predicted molar refractivity (Wildman–Crippen MR) is 152 cm³/mol. The zero-order chi connectivity index (χ0) is 26.4. The molecular weight excluding hydrogens is 472 g/mol. The minimum Gasteiger partial charge on any atom is -0.392 e. The van der Waals surface area contributed by atoms with Gasteiger partial charge in [0, 0.05) is 61.2 Å². The molecule has 3 heterocycles. The van der Waals surface area contributed by atoms with Crippen molar-refractivity contribution in [2.75, 3.05) is 26.7 Å². The first-order chi connectivity index (χ1) is 18.4. The lowest BCUT2D eigenvalue weighted by Crippen LogP contribution is -2.35. The van der Waals surface area contributed by atoms with Crippen LogP contribution in [0.15, 0.2) is 54.9 Å². The number of hydrogen-bond acceptors (Lipinski definition) is 4. The topological polar surface area (TPSA) is 72.5 Å². The van der Waals surface area contributed by atoms with E-state index in [0.29, 0.717) is 18.0 Å². The van der Waals surface area contributed by atoms with Gasteiger partial charge in [-0.2, -0.15) is 0 Å². The van der Waals surface area contributed by atoms with E-state index in [1.807, 2.05) is 36.7 Å². The number of aryl methyl sites for hydroxylation is 1. The first-order valence-electron chi connectivity index (χ1n) is 13.8. The van der Waals surface area contributed by atoms with Gasteiger partial charge in [0.25, 0.3) is 5.91 Å². The maximum Gasteiger partial charge on any atom is 0.253 e. The Bertz CT molecular complexity index is 1490. The number of rotatable bonds is 6. The van der Waals surface area contributed by atoms with E-state index in [0.717, 1.165) is 40.8 Å². The number of nitrogens with zero attached hydrogens (tertiary/aromatic N) is 3. The highest BCUT2D eigenvalue weighted by atomic mass is 16.3. The van der Waals surface area contributed by atoms with Gasteiger partial charge in [-0.15, -0.1) is 0 Å². The van der Waals surface area contributed by atoms with Crippen molar-refractivity contribution in [3.63, 3.8) is 0 Å². The first-order valence-corrected chi connectivity index (χ1v) is 13.8. The Morgan fingerprint density at radius 1 is 1.16 bits per heavy atom. The molecule has 0 radical (unpaired) electrons. The van der Waals surface area contributed by atoms with Crippen LogP contribution in [0.5, 0.6) is 0 Å². The van der Waals surface area contributed by atoms with E-state index in [1.165, 1.54) is 42.5 Å². The lowest BCUT2D eigenvalue weighted by atomic mass is 9.76. The summed E-state index contributed by atoms with van der Waals surface area (Å²) in [4.78, 5) is 24.9. The van der Waals surface area contributed by atoms with Gasteiger partial charge in [0.2, 0.25) is 0 Å². The van der Waals surface area contributed by atoms with Crippen LogP contribution in [0.4, 0.5) is 0 Å². The fraction of sp³-hybridized carbons (Fsp3) is 0.375. The predicted octanol–water partition coefficient (Wildman–Crippen LogP) is 5.61. The Morgan fingerprint density at radius 2 is 1.95 bits per heavy atom. The molecule has 1 amide bonds. The summed E-state index contributed by atoms with van der Waals surface area (Å²) in [5.41, 5.74) is 10.6. The van der Waals surface area contributed by atoms with Crippen molar-refractivity contribution in [2.24, 2.45) is 0 Å². The maximum atomic E-state index is 12.7. The molecule has 6 heteroatoms. The molecule has 2 aromatic carbocycles. The second-order valence-electron chi connectivity index (χ2n) is 11.1. The smallest absolute Gasteiger partial charge is 0.253 e. The maximum absolute atomic E-state index is 12.7. The molecule has 0 saturated carbocycles. The van der Waals surface area contributed by atoms with Gasteiger partial charge in [-0.05, 0) is 90.7 Å². The third kappa shape index (κ3) is 4.52. The fourth-order valence-corrected chi connectivity index (χ4v) is 6.42. The Hall–Kier alpha value is -3.48. The second kappa shape index (κ2) is 10.0. The van der Waals surface area contributed by atoms with E-state index in [4.69, 9.17) is 4.98 Å². The number of amides is 1. The van der Waals surface area contributed by atoms with Crippen molar-refractivity contribution in [3.8, 4) is 22.3 Å².